The van der Waals surface area contributed by atoms with Gasteiger partial charge in [0.05, 0.1) is 11.9 Å². The molecule has 0 fully saturated rings. The first-order valence-electron chi connectivity index (χ1n) is 7.45. The summed E-state index contributed by atoms with van der Waals surface area (Å²) in [6.07, 6.45) is 3.59. The molecule has 0 saturated carbocycles. The zero-order chi connectivity index (χ0) is 16.7. The Hall–Kier alpha value is -3.41. The van der Waals surface area contributed by atoms with Gasteiger partial charge in [-0.25, -0.2) is 0 Å². The number of carbonyl (C=O) groups excluding carboxylic acids is 1. The molecule has 1 aliphatic rings. The van der Waals surface area contributed by atoms with Crippen molar-refractivity contribution in [3.63, 3.8) is 0 Å². The minimum absolute atomic E-state index is 0.0627. The zero-order valence-electron chi connectivity index (χ0n) is 12.9. The minimum atomic E-state index is -0.170. The fourth-order valence-corrected chi connectivity index (χ4v) is 2.80. The first kappa shape index (κ1) is 14.2. The lowest BCUT2D eigenvalue weighted by molar-refractivity contribution is 0.0963. The van der Waals surface area contributed by atoms with Gasteiger partial charge in [0.15, 0.2) is 5.88 Å². The Morgan fingerprint density at radius 1 is 1.25 bits per heavy atom. The van der Waals surface area contributed by atoms with Crippen molar-refractivity contribution in [2.45, 2.75) is 0 Å². The van der Waals surface area contributed by atoms with Gasteiger partial charge >= 0.3 is 0 Å². The first-order chi connectivity index (χ1) is 11.7. The molecule has 0 spiro atoms. The van der Waals surface area contributed by atoms with Gasteiger partial charge in [0.25, 0.3) is 5.91 Å². The smallest absolute Gasteiger partial charge is 0.251 e. The molecule has 3 N–H and O–H groups in total. The third-order valence-corrected chi connectivity index (χ3v) is 4.03. The molecule has 1 aromatic heterocycles. The molecule has 0 saturated heterocycles. The molecule has 2 heterocycles. The Bertz CT molecular complexity index is 1130. The second-order valence-corrected chi connectivity index (χ2v) is 5.53. The van der Waals surface area contributed by atoms with Gasteiger partial charge in [0, 0.05) is 34.3 Å². The molecule has 0 aliphatic carbocycles. The fourth-order valence-electron chi connectivity index (χ4n) is 2.80. The summed E-state index contributed by atoms with van der Waals surface area (Å²) in [6, 6.07) is 11.1. The van der Waals surface area contributed by atoms with Gasteiger partial charge in [-0.15, -0.1) is 0 Å². The maximum Gasteiger partial charge on any atom is 0.251 e. The molecule has 4 rings (SSSR count). The molecular formula is C18H14N4O2. The van der Waals surface area contributed by atoms with Crippen molar-refractivity contribution in [2.24, 2.45) is 10.2 Å². The minimum Gasteiger partial charge on any atom is -0.494 e. The molecule has 24 heavy (non-hydrogen) atoms. The van der Waals surface area contributed by atoms with E-state index in [0.29, 0.717) is 16.6 Å². The molecule has 1 amide bonds. The third kappa shape index (κ3) is 2.25. The number of hydrogen-bond acceptors (Lipinski definition) is 4. The monoisotopic (exact) mass is 318 g/mol. The van der Waals surface area contributed by atoms with Gasteiger partial charge in [-0.05, 0) is 29.5 Å². The summed E-state index contributed by atoms with van der Waals surface area (Å²) in [7, 11) is 1.58. The first-order valence-corrected chi connectivity index (χ1v) is 7.45. The van der Waals surface area contributed by atoms with Crippen molar-refractivity contribution in [2.75, 3.05) is 7.05 Å². The van der Waals surface area contributed by atoms with Crippen LogP contribution < -0.4 is 15.8 Å². The van der Waals surface area contributed by atoms with E-state index in [-0.39, 0.29) is 11.8 Å². The maximum atomic E-state index is 11.7. The van der Waals surface area contributed by atoms with E-state index >= 15 is 0 Å². The van der Waals surface area contributed by atoms with Crippen LogP contribution in [0.5, 0.6) is 5.88 Å². The van der Waals surface area contributed by atoms with Crippen molar-refractivity contribution in [3.05, 3.63) is 58.0 Å². The number of hydrogen-bond donors (Lipinski definition) is 3. The largest absolute Gasteiger partial charge is 0.494 e. The molecular weight excluding hydrogens is 304 g/mol. The summed E-state index contributed by atoms with van der Waals surface area (Å²) in [4.78, 5) is 14.6. The quantitative estimate of drug-likeness (QED) is 0.673. The van der Waals surface area contributed by atoms with Crippen LogP contribution in [0.1, 0.15) is 15.9 Å². The fraction of sp³-hybridized carbons (Fsp3) is 0.0556. The molecule has 6 heteroatoms. The Kier molecular flexibility index (Phi) is 3.16. The molecule has 0 bridgehead atoms. The third-order valence-electron chi connectivity index (χ3n) is 4.03. The zero-order valence-corrected chi connectivity index (χ0v) is 12.9. The predicted octanol–water partition coefficient (Wildman–Crippen LogP) is 1.90. The van der Waals surface area contributed by atoms with Gasteiger partial charge in [0.2, 0.25) is 0 Å². The molecule has 2 aromatic carbocycles. The van der Waals surface area contributed by atoms with E-state index in [4.69, 9.17) is 0 Å². The van der Waals surface area contributed by atoms with E-state index in [9.17, 15) is 9.90 Å². The summed E-state index contributed by atoms with van der Waals surface area (Å²) < 4.78 is 0. The molecule has 118 valence electrons. The summed E-state index contributed by atoms with van der Waals surface area (Å²) in [6.45, 7) is 0. The number of nitrogens with zero attached hydrogens (tertiary/aromatic N) is 2. The topological polar surface area (TPSA) is 89.8 Å². The van der Waals surface area contributed by atoms with E-state index in [2.05, 4.69) is 20.5 Å². The number of azo groups is 1. The van der Waals surface area contributed by atoms with E-state index in [0.717, 1.165) is 21.5 Å². The van der Waals surface area contributed by atoms with Crippen LogP contribution in [-0.4, -0.2) is 23.0 Å². The van der Waals surface area contributed by atoms with Gasteiger partial charge in [-0.3, -0.25) is 4.79 Å². The van der Waals surface area contributed by atoms with Crippen LogP contribution in [0, 0.1) is 0 Å². The number of carbonyl (C=O) groups is 1. The van der Waals surface area contributed by atoms with Gasteiger partial charge in [0.1, 0.15) is 0 Å². The lowest BCUT2D eigenvalue weighted by Crippen LogP contribution is -2.17. The maximum absolute atomic E-state index is 11.7. The van der Waals surface area contributed by atoms with Crippen LogP contribution in [0.2, 0.25) is 0 Å². The summed E-state index contributed by atoms with van der Waals surface area (Å²) >= 11 is 0. The highest BCUT2D eigenvalue weighted by Crippen LogP contribution is 2.28. The second-order valence-electron chi connectivity index (χ2n) is 5.53. The molecule has 0 atom stereocenters. The summed E-state index contributed by atoms with van der Waals surface area (Å²) in [5, 5.41) is 23.5. The van der Waals surface area contributed by atoms with E-state index < -0.39 is 0 Å². The number of rotatable bonds is 2. The molecule has 6 nitrogen and oxygen atoms in total. The highest BCUT2D eigenvalue weighted by atomic mass is 16.3. The summed E-state index contributed by atoms with van der Waals surface area (Å²) in [5.41, 5.74) is 2.72. The number of nitrogens with one attached hydrogen (secondary N) is 2. The van der Waals surface area contributed by atoms with Crippen molar-refractivity contribution in [1.82, 2.24) is 10.3 Å². The number of fused-ring (bicyclic) bond motifs is 2. The highest BCUT2D eigenvalue weighted by molar-refractivity contribution is 6.00. The number of aromatic hydroxyl groups is 1. The summed E-state index contributed by atoms with van der Waals surface area (Å²) in [5.74, 6) is -0.107. The molecule has 3 aromatic rings. The van der Waals surface area contributed by atoms with Crippen LogP contribution in [0.4, 0.5) is 5.69 Å². The SMILES string of the molecule is CNC(=O)c1ccc2c(C=c3ccc4c(c3)N=NC=4)c(O)[nH]c2c1. The van der Waals surface area contributed by atoms with Crippen molar-refractivity contribution in [1.29, 1.82) is 0 Å². The van der Waals surface area contributed by atoms with Crippen molar-refractivity contribution < 1.29 is 9.90 Å². The van der Waals surface area contributed by atoms with Crippen LogP contribution in [-0.2, 0) is 0 Å². The lowest BCUT2D eigenvalue weighted by Gasteiger charge is -1.99. The number of benzene rings is 2. The Balaban J connectivity index is 1.87. The standard InChI is InChI=1S/C18H14N4O2/c1-19-17(23)11-4-5-13-14(18(24)21-16(13)8-11)6-10-2-3-12-9-20-22-15(12)7-10/h2-9,21,24H,1H3,(H,19,23). The van der Waals surface area contributed by atoms with Crippen LogP contribution in [0.25, 0.3) is 23.2 Å². The van der Waals surface area contributed by atoms with E-state index in [1.54, 1.807) is 25.4 Å². The number of amides is 1. The van der Waals surface area contributed by atoms with Gasteiger partial charge < -0.3 is 15.4 Å². The Morgan fingerprint density at radius 3 is 2.96 bits per heavy atom. The highest BCUT2D eigenvalue weighted by Gasteiger charge is 2.11. The predicted molar refractivity (Wildman–Crippen MR) is 91.6 cm³/mol. The molecule has 1 aliphatic heterocycles. The normalized spacial score (nSPS) is 13.1. The average molecular weight is 318 g/mol. The van der Waals surface area contributed by atoms with Crippen LogP contribution >= 0.6 is 0 Å². The number of aromatic amines is 1. The van der Waals surface area contributed by atoms with Crippen molar-refractivity contribution in [3.8, 4) is 5.88 Å². The molecule has 0 unspecified atom stereocenters. The van der Waals surface area contributed by atoms with E-state index in [1.165, 1.54) is 0 Å². The number of H-pyrrole nitrogens is 1. The average Bonchev–Trinajstić information content (AvgIpc) is 3.18. The van der Waals surface area contributed by atoms with Gasteiger partial charge in [-0.1, -0.05) is 18.2 Å². The lowest BCUT2D eigenvalue weighted by atomic mass is 10.1. The second kappa shape index (κ2) is 5.34. The molecule has 0 radical (unpaired) electrons. The van der Waals surface area contributed by atoms with Crippen molar-refractivity contribution >= 4 is 34.8 Å². The van der Waals surface area contributed by atoms with E-state index in [1.807, 2.05) is 30.3 Å². The Labute approximate surface area is 136 Å². The van der Waals surface area contributed by atoms with Crippen LogP contribution in [0.15, 0.2) is 46.6 Å². The number of aromatic nitrogens is 1. The van der Waals surface area contributed by atoms with Gasteiger partial charge in [-0.2, -0.15) is 10.2 Å². The Morgan fingerprint density at radius 2 is 2.12 bits per heavy atom. The van der Waals surface area contributed by atoms with Crippen LogP contribution in [0.3, 0.4) is 0 Å².